The van der Waals surface area contributed by atoms with Gasteiger partial charge in [-0.1, -0.05) is 42.5 Å². The maximum Gasteiger partial charge on any atom is 0.330 e. The van der Waals surface area contributed by atoms with Crippen LogP contribution in [-0.4, -0.2) is 36.5 Å². The van der Waals surface area contributed by atoms with Gasteiger partial charge in [-0.05, 0) is 41.5 Å². The first-order valence-electron chi connectivity index (χ1n) is 10.4. The third kappa shape index (κ3) is 5.07. The number of amides is 1. The number of nitrogens with one attached hydrogen (secondary N) is 1. The summed E-state index contributed by atoms with van der Waals surface area (Å²) in [6.07, 6.45) is 1.63. The zero-order chi connectivity index (χ0) is 24.1. The molecule has 172 valence electrons. The van der Waals surface area contributed by atoms with Crippen LogP contribution in [-0.2, 0) is 9.59 Å². The monoisotopic (exact) mass is 459 g/mol. The van der Waals surface area contributed by atoms with Crippen LogP contribution in [0.2, 0.25) is 0 Å². The van der Waals surface area contributed by atoms with Gasteiger partial charge in [0, 0.05) is 6.07 Å². The van der Waals surface area contributed by atoms with Crippen molar-refractivity contribution < 1.29 is 33.7 Å². The number of Topliss-reactive ketones (excluding diaryl/α,β-unsaturated/α-hetero) is 1. The molecular weight excluding hydrogens is 438 g/mol. The molecule has 4 rings (SSSR count). The highest BCUT2D eigenvalue weighted by molar-refractivity contribution is 6.14. The molecule has 3 aromatic rings. The lowest BCUT2D eigenvalue weighted by atomic mass is 10.1. The maximum absolute atomic E-state index is 12.6. The Balaban J connectivity index is 1.40. The van der Waals surface area contributed by atoms with Crippen LogP contribution in [0, 0.1) is 0 Å². The van der Waals surface area contributed by atoms with Gasteiger partial charge in [0.2, 0.25) is 5.78 Å². The number of aliphatic carboxylic acids is 1. The molecule has 1 unspecified atom stereocenters. The average Bonchev–Trinajstić information content (AvgIpc) is 3.16. The van der Waals surface area contributed by atoms with Crippen molar-refractivity contribution in [2.24, 2.45) is 0 Å². The first kappa shape index (κ1) is 22.6. The van der Waals surface area contributed by atoms with Crippen molar-refractivity contribution in [2.45, 2.75) is 6.04 Å². The second-order valence-corrected chi connectivity index (χ2v) is 7.41. The summed E-state index contributed by atoms with van der Waals surface area (Å²) >= 11 is 0. The average molecular weight is 459 g/mol. The molecule has 0 fully saturated rings. The van der Waals surface area contributed by atoms with Crippen LogP contribution in [0.15, 0.2) is 78.6 Å². The number of carbonyl (C=O) groups excluding carboxylic acids is 2. The molecule has 1 heterocycles. The molecule has 0 saturated carbocycles. The van der Waals surface area contributed by atoms with E-state index in [2.05, 4.69) is 5.32 Å². The van der Waals surface area contributed by atoms with Gasteiger partial charge in [0.25, 0.3) is 5.91 Å². The van der Waals surface area contributed by atoms with Gasteiger partial charge in [-0.3, -0.25) is 9.59 Å². The molecule has 0 aromatic heterocycles. The Hall–Kier alpha value is -4.59. The number of methoxy groups -OCH3 is 1. The Morgan fingerprint density at radius 2 is 1.74 bits per heavy atom. The predicted molar refractivity (Wildman–Crippen MR) is 123 cm³/mol. The van der Waals surface area contributed by atoms with Crippen molar-refractivity contribution in [2.75, 3.05) is 13.7 Å². The van der Waals surface area contributed by atoms with Crippen molar-refractivity contribution >= 4 is 23.7 Å². The van der Waals surface area contributed by atoms with Crippen LogP contribution >= 0.6 is 0 Å². The van der Waals surface area contributed by atoms with Crippen molar-refractivity contribution in [1.29, 1.82) is 0 Å². The molecule has 1 aliphatic heterocycles. The number of hydrogen-bond acceptors (Lipinski definition) is 6. The highest BCUT2D eigenvalue weighted by Gasteiger charge is 2.28. The van der Waals surface area contributed by atoms with Gasteiger partial charge in [0.15, 0.2) is 18.4 Å². The number of hydrogen-bond donors (Lipinski definition) is 2. The third-order valence-corrected chi connectivity index (χ3v) is 5.11. The third-order valence-electron chi connectivity index (χ3n) is 5.11. The van der Waals surface area contributed by atoms with E-state index in [4.69, 9.17) is 14.2 Å². The summed E-state index contributed by atoms with van der Waals surface area (Å²) < 4.78 is 16.3. The highest BCUT2D eigenvalue weighted by Crippen LogP contribution is 2.35. The summed E-state index contributed by atoms with van der Waals surface area (Å²) in [4.78, 5) is 36.5. The van der Waals surface area contributed by atoms with E-state index in [1.54, 1.807) is 79.9 Å². The van der Waals surface area contributed by atoms with Crippen LogP contribution < -0.4 is 19.5 Å². The van der Waals surface area contributed by atoms with Gasteiger partial charge < -0.3 is 24.6 Å². The second kappa shape index (κ2) is 9.91. The molecule has 0 spiro atoms. The summed E-state index contributed by atoms with van der Waals surface area (Å²) in [5.41, 5.74) is 1.60. The molecule has 34 heavy (non-hydrogen) atoms. The molecule has 8 heteroatoms. The van der Waals surface area contributed by atoms with Crippen LogP contribution in [0.1, 0.15) is 27.5 Å². The van der Waals surface area contributed by atoms with Crippen molar-refractivity contribution in [3.8, 4) is 17.2 Å². The lowest BCUT2D eigenvalue weighted by Crippen LogP contribution is -2.36. The SMILES string of the molecule is COc1ccc(C=C2Oc3cc(OCC(=O)NC(C(=O)O)c4ccccc4)ccc3C2=O)cc1. The minimum Gasteiger partial charge on any atom is -0.497 e. The maximum atomic E-state index is 12.6. The molecule has 3 aromatic carbocycles. The molecule has 0 aliphatic carbocycles. The fourth-order valence-corrected chi connectivity index (χ4v) is 3.39. The Bertz CT molecular complexity index is 1250. The molecule has 1 atom stereocenters. The molecule has 0 saturated heterocycles. The van der Waals surface area contributed by atoms with Crippen molar-refractivity contribution in [3.63, 3.8) is 0 Å². The minimum absolute atomic E-state index is 0.169. The summed E-state index contributed by atoms with van der Waals surface area (Å²) in [7, 11) is 1.57. The molecule has 2 N–H and O–H groups in total. The van der Waals surface area contributed by atoms with E-state index in [0.29, 0.717) is 28.4 Å². The van der Waals surface area contributed by atoms with E-state index >= 15 is 0 Å². The van der Waals surface area contributed by atoms with Crippen LogP contribution in [0.4, 0.5) is 0 Å². The van der Waals surface area contributed by atoms with Crippen LogP contribution in [0.5, 0.6) is 17.2 Å². The first-order valence-corrected chi connectivity index (χ1v) is 10.4. The zero-order valence-electron chi connectivity index (χ0n) is 18.2. The van der Waals surface area contributed by atoms with E-state index in [-0.39, 0.29) is 11.5 Å². The van der Waals surface area contributed by atoms with Gasteiger partial charge in [-0.2, -0.15) is 0 Å². The molecule has 0 bridgehead atoms. The zero-order valence-corrected chi connectivity index (χ0v) is 18.2. The fourth-order valence-electron chi connectivity index (χ4n) is 3.39. The lowest BCUT2D eigenvalue weighted by Gasteiger charge is -2.15. The standard InChI is InChI=1S/C26H21NO7/c1-32-18-9-7-16(8-10-18)13-22-25(29)20-12-11-19(14-21(20)34-22)33-15-23(28)27-24(26(30)31)17-5-3-2-4-6-17/h2-14,24H,15H2,1H3,(H,27,28)(H,30,31). The molecular formula is C26H21NO7. The number of fused-ring (bicyclic) bond motifs is 1. The van der Waals surface area contributed by atoms with E-state index in [9.17, 15) is 19.5 Å². The number of carbonyl (C=O) groups is 3. The summed E-state index contributed by atoms with van der Waals surface area (Å²) in [6.45, 7) is -0.405. The molecule has 8 nitrogen and oxygen atoms in total. The number of benzene rings is 3. The Labute approximate surface area is 195 Å². The van der Waals surface area contributed by atoms with E-state index in [1.165, 1.54) is 6.07 Å². The highest BCUT2D eigenvalue weighted by atomic mass is 16.5. The molecule has 1 amide bonds. The number of ketones is 1. The number of carboxylic acids is 1. The van der Waals surface area contributed by atoms with Crippen molar-refractivity contribution in [3.05, 3.63) is 95.2 Å². The lowest BCUT2D eigenvalue weighted by molar-refractivity contribution is -0.142. The smallest absolute Gasteiger partial charge is 0.330 e. The topological polar surface area (TPSA) is 111 Å². The number of carboxylic acid groups (broad SMARTS) is 1. The number of ether oxygens (including phenoxy) is 3. The summed E-state index contributed by atoms with van der Waals surface area (Å²) in [5.74, 6) is -0.554. The molecule has 1 aliphatic rings. The first-order chi connectivity index (χ1) is 16.4. The van der Waals surface area contributed by atoms with Crippen LogP contribution in [0.25, 0.3) is 6.08 Å². The quantitative estimate of drug-likeness (QED) is 0.495. The van der Waals surface area contributed by atoms with Crippen LogP contribution in [0.3, 0.4) is 0 Å². The van der Waals surface area contributed by atoms with Gasteiger partial charge >= 0.3 is 5.97 Å². The summed E-state index contributed by atoms with van der Waals surface area (Å²) in [5, 5.41) is 11.9. The minimum atomic E-state index is -1.19. The molecule has 0 radical (unpaired) electrons. The van der Waals surface area contributed by atoms with E-state index in [0.717, 1.165) is 5.56 Å². The van der Waals surface area contributed by atoms with Crippen molar-refractivity contribution in [1.82, 2.24) is 5.32 Å². The number of rotatable bonds is 8. The Morgan fingerprint density at radius 1 is 1.03 bits per heavy atom. The van der Waals surface area contributed by atoms with E-state index < -0.39 is 24.5 Å². The van der Waals surface area contributed by atoms with Gasteiger partial charge in [-0.25, -0.2) is 4.79 Å². The summed E-state index contributed by atoms with van der Waals surface area (Å²) in [6, 6.07) is 19.0. The fraction of sp³-hybridized carbons (Fsp3) is 0.115. The largest absolute Gasteiger partial charge is 0.497 e. The Morgan fingerprint density at radius 3 is 2.41 bits per heavy atom. The van der Waals surface area contributed by atoms with E-state index in [1.807, 2.05) is 0 Å². The number of allylic oxidation sites excluding steroid dienone is 1. The Kier molecular flexibility index (Phi) is 6.59. The second-order valence-electron chi connectivity index (χ2n) is 7.41. The normalized spacial score (nSPS) is 14.1. The van der Waals surface area contributed by atoms with Gasteiger partial charge in [0.1, 0.15) is 17.2 Å². The van der Waals surface area contributed by atoms with Gasteiger partial charge in [0.05, 0.1) is 12.7 Å². The van der Waals surface area contributed by atoms with Gasteiger partial charge in [-0.15, -0.1) is 0 Å². The predicted octanol–water partition coefficient (Wildman–Crippen LogP) is 3.63.